The van der Waals surface area contributed by atoms with Crippen LogP contribution < -0.4 is 11.1 Å². The molecule has 1 aliphatic rings. The van der Waals surface area contributed by atoms with E-state index < -0.39 is 5.91 Å². The average molecular weight is 171 g/mol. The molecule has 1 rings (SSSR count). The number of nitrogens with one attached hydrogen (secondary N) is 1. The number of hydrogen-bond acceptors (Lipinski definition) is 3. The highest BCUT2D eigenvalue weighted by atomic mass is 16.2. The van der Waals surface area contributed by atoms with E-state index >= 15 is 0 Å². The zero-order valence-corrected chi connectivity index (χ0v) is 6.88. The molecular formula is C7H13N3O2. The minimum absolute atomic E-state index is 0.139. The number of hydrogen-bond donors (Lipinski definition) is 2. The Hall–Kier alpha value is -1.10. The van der Waals surface area contributed by atoms with E-state index in [0.29, 0.717) is 0 Å². The summed E-state index contributed by atoms with van der Waals surface area (Å²) in [4.78, 5) is 23.5. The first-order valence-corrected chi connectivity index (χ1v) is 4.03. The van der Waals surface area contributed by atoms with Gasteiger partial charge in [0.2, 0.25) is 5.91 Å². The van der Waals surface area contributed by atoms with Crippen LogP contribution in [0.5, 0.6) is 0 Å². The molecule has 1 aliphatic heterocycles. The minimum atomic E-state index is -0.424. The SMILES string of the molecule is NCC(=O)NC(=O)N1CCCC1. The highest BCUT2D eigenvalue weighted by molar-refractivity contribution is 5.95. The molecule has 0 aromatic rings. The summed E-state index contributed by atoms with van der Waals surface area (Å²) in [6.45, 7) is 1.34. The van der Waals surface area contributed by atoms with Crippen molar-refractivity contribution >= 4 is 11.9 Å². The van der Waals surface area contributed by atoms with Gasteiger partial charge in [0.25, 0.3) is 0 Å². The molecule has 3 amide bonds. The smallest absolute Gasteiger partial charge is 0.324 e. The zero-order valence-electron chi connectivity index (χ0n) is 6.88. The van der Waals surface area contributed by atoms with Crippen LogP contribution in [0.1, 0.15) is 12.8 Å². The maximum absolute atomic E-state index is 11.2. The van der Waals surface area contributed by atoms with E-state index in [-0.39, 0.29) is 12.6 Å². The van der Waals surface area contributed by atoms with Crippen molar-refractivity contribution in [1.29, 1.82) is 0 Å². The predicted molar refractivity (Wildman–Crippen MR) is 43.4 cm³/mol. The van der Waals surface area contributed by atoms with E-state index in [2.05, 4.69) is 5.32 Å². The van der Waals surface area contributed by atoms with Gasteiger partial charge in [0, 0.05) is 13.1 Å². The van der Waals surface area contributed by atoms with Crippen LogP contribution >= 0.6 is 0 Å². The van der Waals surface area contributed by atoms with Gasteiger partial charge in [-0.3, -0.25) is 10.1 Å². The molecule has 0 aromatic carbocycles. The van der Waals surface area contributed by atoms with E-state index in [1.807, 2.05) is 0 Å². The summed E-state index contributed by atoms with van der Waals surface area (Å²) in [7, 11) is 0. The molecule has 0 aliphatic carbocycles. The van der Waals surface area contributed by atoms with Crippen molar-refractivity contribution in [1.82, 2.24) is 10.2 Å². The highest BCUT2D eigenvalue weighted by Crippen LogP contribution is 2.06. The molecule has 3 N–H and O–H groups in total. The molecule has 1 heterocycles. The Bertz CT molecular complexity index is 187. The lowest BCUT2D eigenvalue weighted by molar-refractivity contribution is -0.118. The molecule has 12 heavy (non-hydrogen) atoms. The molecule has 0 radical (unpaired) electrons. The number of urea groups is 1. The van der Waals surface area contributed by atoms with Crippen molar-refractivity contribution < 1.29 is 9.59 Å². The molecule has 0 aromatic heterocycles. The molecular weight excluding hydrogens is 158 g/mol. The molecule has 0 atom stereocenters. The van der Waals surface area contributed by atoms with Gasteiger partial charge >= 0.3 is 6.03 Å². The third kappa shape index (κ3) is 2.20. The maximum atomic E-state index is 11.2. The molecule has 0 spiro atoms. The number of imide groups is 1. The van der Waals surface area contributed by atoms with Crippen LogP contribution in [0, 0.1) is 0 Å². The van der Waals surface area contributed by atoms with Crippen LogP contribution in [-0.4, -0.2) is 36.5 Å². The molecule has 1 saturated heterocycles. The summed E-state index contributed by atoms with van der Waals surface area (Å²) in [5.41, 5.74) is 5.04. The van der Waals surface area contributed by atoms with Gasteiger partial charge in [-0.2, -0.15) is 0 Å². The number of amides is 3. The van der Waals surface area contributed by atoms with Crippen molar-refractivity contribution in [2.45, 2.75) is 12.8 Å². The zero-order chi connectivity index (χ0) is 8.97. The second-order valence-electron chi connectivity index (χ2n) is 2.75. The Balaban J connectivity index is 2.32. The van der Waals surface area contributed by atoms with Gasteiger partial charge in [0.15, 0.2) is 0 Å². The maximum Gasteiger partial charge on any atom is 0.324 e. The molecule has 68 valence electrons. The van der Waals surface area contributed by atoms with Crippen molar-refractivity contribution in [3.63, 3.8) is 0 Å². The summed E-state index contributed by atoms with van der Waals surface area (Å²) >= 11 is 0. The average Bonchev–Trinajstić information content (AvgIpc) is 2.56. The van der Waals surface area contributed by atoms with E-state index in [9.17, 15) is 9.59 Å². The first-order valence-electron chi connectivity index (χ1n) is 4.03. The Labute approximate surface area is 70.9 Å². The van der Waals surface area contributed by atoms with Crippen LogP contribution in [0.15, 0.2) is 0 Å². The summed E-state index contributed by atoms with van der Waals surface area (Å²) in [6.07, 6.45) is 2.04. The third-order valence-electron chi connectivity index (χ3n) is 1.83. The number of rotatable bonds is 1. The molecule has 1 fully saturated rings. The van der Waals surface area contributed by atoms with E-state index in [0.717, 1.165) is 25.9 Å². The van der Waals surface area contributed by atoms with Crippen LogP contribution in [0.3, 0.4) is 0 Å². The summed E-state index contributed by atoms with van der Waals surface area (Å²) < 4.78 is 0. The van der Waals surface area contributed by atoms with Gasteiger partial charge in [-0.05, 0) is 12.8 Å². The van der Waals surface area contributed by atoms with Crippen molar-refractivity contribution in [2.24, 2.45) is 5.73 Å². The van der Waals surface area contributed by atoms with E-state index in [1.54, 1.807) is 4.90 Å². The van der Waals surface area contributed by atoms with Crippen molar-refractivity contribution in [3.05, 3.63) is 0 Å². The topological polar surface area (TPSA) is 75.4 Å². The van der Waals surface area contributed by atoms with E-state index in [4.69, 9.17) is 5.73 Å². The van der Waals surface area contributed by atoms with Gasteiger partial charge in [-0.25, -0.2) is 4.79 Å². The van der Waals surface area contributed by atoms with Gasteiger partial charge in [0.05, 0.1) is 6.54 Å². The fourth-order valence-corrected chi connectivity index (χ4v) is 1.17. The first kappa shape index (κ1) is 8.99. The highest BCUT2D eigenvalue weighted by Gasteiger charge is 2.18. The predicted octanol–water partition coefficient (Wildman–Crippen LogP) is -0.723. The molecule has 0 unspecified atom stereocenters. The summed E-state index contributed by atoms with van der Waals surface area (Å²) in [6, 6.07) is -0.317. The number of nitrogens with zero attached hydrogens (tertiary/aromatic N) is 1. The van der Waals surface area contributed by atoms with Gasteiger partial charge in [-0.1, -0.05) is 0 Å². The first-order chi connectivity index (χ1) is 5.74. The number of carbonyl (C=O) groups is 2. The van der Waals surface area contributed by atoms with Crippen molar-refractivity contribution in [2.75, 3.05) is 19.6 Å². The second kappa shape index (κ2) is 4.06. The monoisotopic (exact) mass is 171 g/mol. The fourth-order valence-electron chi connectivity index (χ4n) is 1.17. The summed E-state index contributed by atoms with van der Waals surface area (Å²) in [5, 5.41) is 2.19. The lowest BCUT2D eigenvalue weighted by Crippen LogP contribution is -2.43. The Morgan fingerprint density at radius 2 is 1.92 bits per heavy atom. The Kier molecular flexibility index (Phi) is 3.04. The van der Waals surface area contributed by atoms with Crippen LogP contribution in [0.4, 0.5) is 4.79 Å². The third-order valence-corrected chi connectivity index (χ3v) is 1.83. The number of likely N-dealkylation sites (tertiary alicyclic amines) is 1. The largest absolute Gasteiger partial charge is 0.324 e. The van der Waals surface area contributed by atoms with Crippen LogP contribution in [0.25, 0.3) is 0 Å². The molecule has 5 nitrogen and oxygen atoms in total. The number of nitrogens with two attached hydrogens (primary N) is 1. The number of carbonyl (C=O) groups excluding carboxylic acids is 2. The van der Waals surface area contributed by atoms with Gasteiger partial charge in [0.1, 0.15) is 0 Å². The van der Waals surface area contributed by atoms with Gasteiger partial charge < -0.3 is 10.6 Å². The van der Waals surface area contributed by atoms with Crippen LogP contribution in [-0.2, 0) is 4.79 Å². The molecule has 0 saturated carbocycles. The molecule has 5 heteroatoms. The van der Waals surface area contributed by atoms with Crippen LogP contribution in [0.2, 0.25) is 0 Å². The molecule has 0 bridgehead atoms. The van der Waals surface area contributed by atoms with Crippen molar-refractivity contribution in [3.8, 4) is 0 Å². The van der Waals surface area contributed by atoms with E-state index in [1.165, 1.54) is 0 Å². The lowest BCUT2D eigenvalue weighted by Gasteiger charge is -2.14. The quantitative estimate of drug-likeness (QED) is 0.546. The Morgan fingerprint density at radius 3 is 2.42 bits per heavy atom. The Morgan fingerprint density at radius 1 is 1.33 bits per heavy atom. The minimum Gasteiger partial charge on any atom is -0.324 e. The normalized spacial score (nSPS) is 16.2. The lowest BCUT2D eigenvalue weighted by atomic mass is 10.4. The standard InChI is InChI=1S/C7H13N3O2/c8-5-6(11)9-7(12)10-3-1-2-4-10/h1-5,8H2,(H,9,11,12). The summed E-state index contributed by atoms with van der Waals surface area (Å²) in [5.74, 6) is -0.424. The fraction of sp³-hybridized carbons (Fsp3) is 0.714. The van der Waals surface area contributed by atoms with Gasteiger partial charge in [-0.15, -0.1) is 0 Å². The second-order valence-corrected chi connectivity index (χ2v) is 2.75.